The van der Waals surface area contributed by atoms with Gasteiger partial charge in [-0.25, -0.2) is 0 Å². The first-order chi connectivity index (χ1) is 8.15. The highest BCUT2D eigenvalue weighted by molar-refractivity contribution is 5.81. The Morgan fingerprint density at radius 2 is 2.47 bits per heavy atom. The van der Waals surface area contributed by atoms with Crippen molar-refractivity contribution in [3.63, 3.8) is 0 Å². The van der Waals surface area contributed by atoms with Crippen molar-refractivity contribution in [3.8, 4) is 0 Å². The van der Waals surface area contributed by atoms with E-state index < -0.39 is 6.04 Å². The first-order valence-corrected chi connectivity index (χ1v) is 5.50. The molecule has 0 fully saturated rings. The number of carbonyl (C=O) groups excluding carboxylic acids is 1. The number of amides is 1. The predicted molar refractivity (Wildman–Crippen MR) is 61.9 cm³/mol. The van der Waals surface area contributed by atoms with E-state index in [9.17, 15) is 4.79 Å². The molecule has 1 heterocycles. The van der Waals surface area contributed by atoms with Crippen molar-refractivity contribution in [2.75, 3.05) is 13.7 Å². The van der Waals surface area contributed by atoms with Crippen LogP contribution in [-0.2, 0) is 23.1 Å². The molecule has 0 aromatic carbocycles. The smallest absolute Gasteiger partial charge is 0.237 e. The Balaban J connectivity index is 2.27. The summed E-state index contributed by atoms with van der Waals surface area (Å²) in [6.07, 6.45) is 2.97. The molecule has 0 radical (unpaired) electrons. The van der Waals surface area contributed by atoms with Crippen LogP contribution in [0.3, 0.4) is 0 Å². The zero-order chi connectivity index (χ0) is 12.7. The number of aromatic nitrogens is 3. The lowest BCUT2D eigenvalue weighted by atomic mass is 10.1. The third kappa shape index (κ3) is 4.49. The molecule has 17 heavy (non-hydrogen) atoms. The fourth-order valence-electron chi connectivity index (χ4n) is 1.34. The van der Waals surface area contributed by atoms with Gasteiger partial charge in [0.1, 0.15) is 6.33 Å². The second-order valence-electron chi connectivity index (χ2n) is 3.82. The highest BCUT2D eigenvalue weighted by Gasteiger charge is 2.13. The van der Waals surface area contributed by atoms with Gasteiger partial charge in [-0.1, -0.05) is 0 Å². The van der Waals surface area contributed by atoms with Crippen LogP contribution in [0.4, 0.5) is 0 Å². The van der Waals surface area contributed by atoms with E-state index in [1.165, 1.54) is 0 Å². The number of nitrogens with one attached hydrogen (secondary N) is 1. The Kier molecular flexibility index (Phi) is 5.58. The van der Waals surface area contributed by atoms with E-state index in [0.29, 0.717) is 25.4 Å². The number of hydrogen-bond donors (Lipinski definition) is 2. The average molecular weight is 241 g/mol. The van der Waals surface area contributed by atoms with Crippen molar-refractivity contribution in [1.29, 1.82) is 0 Å². The molecule has 0 aliphatic rings. The topological polar surface area (TPSA) is 95.1 Å². The van der Waals surface area contributed by atoms with E-state index in [1.54, 1.807) is 18.0 Å². The lowest BCUT2D eigenvalue weighted by molar-refractivity contribution is -0.122. The van der Waals surface area contributed by atoms with Crippen molar-refractivity contribution >= 4 is 5.91 Å². The molecule has 0 saturated carbocycles. The van der Waals surface area contributed by atoms with Crippen molar-refractivity contribution in [3.05, 3.63) is 12.2 Å². The molecule has 96 valence electrons. The van der Waals surface area contributed by atoms with Gasteiger partial charge in [-0.2, -0.15) is 0 Å². The van der Waals surface area contributed by atoms with E-state index >= 15 is 0 Å². The molecular formula is C10H19N5O2. The number of ether oxygens (including phenoxy) is 1. The summed E-state index contributed by atoms with van der Waals surface area (Å²) < 4.78 is 6.64. The fraction of sp³-hybridized carbons (Fsp3) is 0.700. The Morgan fingerprint density at radius 3 is 3.06 bits per heavy atom. The van der Waals surface area contributed by atoms with Crippen LogP contribution in [-0.4, -0.2) is 40.4 Å². The third-order valence-corrected chi connectivity index (χ3v) is 2.43. The Hall–Kier alpha value is -1.47. The van der Waals surface area contributed by atoms with E-state index in [2.05, 4.69) is 15.5 Å². The zero-order valence-corrected chi connectivity index (χ0v) is 10.2. The lowest BCUT2D eigenvalue weighted by Gasteiger charge is -2.11. The summed E-state index contributed by atoms with van der Waals surface area (Å²) in [5.74, 6) is 0.520. The lowest BCUT2D eigenvalue weighted by Crippen LogP contribution is -2.40. The maximum atomic E-state index is 11.6. The highest BCUT2D eigenvalue weighted by atomic mass is 16.5. The second kappa shape index (κ2) is 6.97. The van der Waals surface area contributed by atoms with E-state index in [1.807, 2.05) is 7.05 Å². The zero-order valence-electron chi connectivity index (χ0n) is 10.2. The van der Waals surface area contributed by atoms with Crippen LogP contribution in [0.5, 0.6) is 0 Å². The minimum absolute atomic E-state index is 0.177. The van der Waals surface area contributed by atoms with Crippen LogP contribution < -0.4 is 11.1 Å². The maximum Gasteiger partial charge on any atom is 0.237 e. The number of hydrogen-bond acceptors (Lipinski definition) is 5. The van der Waals surface area contributed by atoms with Crippen LogP contribution in [0.1, 0.15) is 18.7 Å². The summed E-state index contributed by atoms with van der Waals surface area (Å²) in [6, 6.07) is -0.502. The van der Waals surface area contributed by atoms with E-state index in [4.69, 9.17) is 10.5 Å². The normalized spacial score (nSPS) is 12.4. The van der Waals surface area contributed by atoms with Gasteiger partial charge < -0.3 is 20.4 Å². The summed E-state index contributed by atoms with van der Waals surface area (Å²) >= 11 is 0. The van der Waals surface area contributed by atoms with Gasteiger partial charge >= 0.3 is 0 Å². The fourth-order valence-corrected chi connectivity index (χ4v) is 1.34. The second-order valence-corrected chi connectivity index (χ2v) is 3.82. The molecule has 1 aromatic heterocycles. The minimum atomic E-state index is -0.502. The summed E-state index contributed by atoms with van der Waals surface area (Å²) in [7, 11) is 3.44. The number of rotatable bonds is 7. The Morgan fingerprint density at radius 1 is 1.71 bits per heavy atom. The monoisotopic (exact) mass is 241 g/mol. The van der Waals surface area contributed by atoms with Crippen LogP contribution >= 0.6 is 0 Å². The summed E-state index contributed by atoms with van der Waals surface area (Å²) in [5, 5.41) is 10.3. The van der Waals surface area contributed by atoms with Gasteiger partial charge in [0.15, 0.2) is 5.82 Å². The van der Waals surface area contributed by atoms with Gasteiger partial charge in [0.25, 0.3) is 0 Å². The van der Waals surface area contributed by atoms with Gasteiger partial charge in [-0.15, -0.1) is 10.2 Å². The van der Waals surface area contributed by atoms with Crippen LogP contribution in [0.2, 0.25) is 0 Å². The van der Waals surface area contributed by atoms with Gasteiger partial charge in [0.05, 0.1) is 12.6 Å². The largest absolute Gasteiger partial charge is 0.385 e. The Labute approximate surface area is 100 Å². The highest BCUT2D eigenvalue weighted by Crippen LogP contribution is 1.96. The van der Waals surface area contributed by atoms with Gasteiger partial charge in [-0.05, 0) is 12.8 Å². The third-order valence-electron chi connectivity index (χ3n) is 2.43. The number of methoxy groups -OCH3 is 1. The molecule has 3 N–H and O–H groups in total. The van der Waals surface area contributed by atoms with Crippen molar-refractivity contribution < 1.29 is 9.53 Å². The van der Waals surface area contributed by atoms with Crippen molar-refractivity contribution in [1.82, 2.24) is 20.1 Å². The molecule has 1 unspecified atom stereocenters. The van der Waals surface area contributed by atoms with Gasteiger partial charge in [0.2, 0.25) is 5.91 Å². The van der Waals surface area contributed by atoms with E-state index in [0.717, 1.165) is 6.42 Å². The van der Waals surface area contributed by atoms with Crippen molar-refractivity contribution in [2.45, 2.75) is 25.4 Å². The molecule has 0 aliphatic carbocycles. The molecular weight excluding hydrogens is 222 g/mol. The van der Waals surface area contributed by atoms with E-state index in [-0.39, 0.29) is 5.91 Å². The first kappa shape index (κ1) is 13.6. The summed E-state index contributed by atoms with van der Waals surface area (Å²) in [5.41, 5.74) is 5.73. The van der Waals surface area contributed by atoms with Gasteiger partial charge in [0, 0.05) is 20.8 Å². The Bertz CT molecular complexity index is 352. The molecule has 0 saturated heterocycles. The quantitative estimate of drug-likeness (QED) is 0.608. The molecule has 0 aliphatic heterocycles. The molecule has 1 aromatic rings. The summed E-state index contributed by atoms with van der Waals surface area (Å²) in [6.45, 7) is 0.956. The number of nitrogens with zero attached hydrogens (tertiary/aromatic N) is 3. The average Bonchev–Trinajstić information content (AvgIpc) is 2.72. The molecule has 1 rings (SSSR count). The molecule has 7 nitrogen and oxygen atoms in total. The van der Waals surface area contributed by atoms with Crippen molar-refractivity contribution in [2.24, 2.45) is 12.8 Å². The number of carbonyl (C=O) groups is 1. The molecule has 0 spiro atoms. The van der Waals surface area contributed by atoms with Crippen LogP contribution in [0.15, 0.2) is 6.33 Å². The maximum absolute atomic E-state index is 11.6. The number of aryl methyl sites for hydroxylation is 1. The molecule has 1 amide bonds. The van der Waals surface area contributed by atoms with Gasteiger partial charge in [-0.3, -0.25) is 4.79 Å². The predicted octanol–water partition coefficient (Wildman–Crippen LogP) is -0.815. The molecule has 7 heteroatoms. The minimum Gasteiger partial charge on any atom is -0.385 e. The molecule has 0 bridgehead atoms. The first-order valence-electron chi connectivity index (χ1n) is 5.50. The van der Waals surface area contributed by atoms with Crippen LogP contribution in [0, 0.1) is 0 Å². The number of nitrogens with two attached hydrogens (primary N) is 1. The molecule has 1 atom stereocenters. The van der Waals surface area contributed by atoms with Crippen LogP contribution in [0.25, 0.3) is 0 Å². The standard InChI is InChI=1S/C10H19N5O2/c1-15-7-13-14-9(15)6-12-10(16)8(11)4-3-5-17-2/h7-8H,3-6,11H2,1-2H3,(H,12,16). The summed E-state index contributed by atoms with van der Waals surface area (Å²) in [4.78, 5) is 11.6. The SMILES string of the molecule is COCCCC(N)C(=O)NCc1nncn1C.